The first-order valence-corrected chi connectivity index (χ1v) is 5.64. The van der Waals surface area contributed by atoms with E-state index in [-0.39, 0.29) is 0 Å². The van der Waals surface area contributed by atoms with Gasteiger partial charge in [0.25, 0.3) is 0 Å². The van der Waals surface area contributed by atoms with E-state index in [4.69, 9.17) is 10.00 Å². The second-order valence-corrected chi connectivity index (χ2v) is 4.00. The molecular formula is C14H18N2O. The van der Waals surface area contributed by atoms with Crippen LogP contribution in [0.15, 0.2) is 36.4 Å². The zero-order chi connectivity index (χ0) is 12.5. The van der Waals surface area contributed by atoms with E-state index in [9.17, 15) is 0 Å². The minimum absolute atomic E-state index is 0.617. The summed E-state index contributed by atoms with van der Waals surface area (Å²) in [5.74, 6) is 0. The fourth-order valence-electron chi connectivity index (χ4n) is 1.37. The molecule has 0 aromatic heterocycles. The SMILES string of the molecule is C=C(C)COCCNCc1cccc(C#N)c1. The van der Waals surface area contributed by atoms with Crippen molar-refractivity contribution in [1.29, 1.82) is 5.26 Å². The third kappa shape index (κ3) is 5.86. The fraction of sp³-hybridized carbons (Fsp3) is 0.357. The first kappa shape index (κ1) is 13.4. The number of nitriles is 1. The molecule has 0 bridgehead atoms. The first-order chi connectivity index (χ1) is 8.22. The largest absolute Gasteiger partial charge is 0.376 e. The van der Waals surface area contributed by atoms with Gasteiger partial charge in [-0.15, -0.1) is 0 Å². The van der Waals surface area contributed by atoms with Crippen molar-refractivity contribution in [2.45, 2.75) is 13.5 Å². The molecule has 0 atom stereocenters. The highest BCUT2D eigenvalue weighted by Gasteiger charge is 1.95. The van der Waals surface area contributed by atoms with Gasteiger partial charge in [-0.2, -0.15) is 5.26 Å². The molecule has 0 radical (unpaired) electrons. The van der Waals surface area contributed by atoms with Crippen molar-refractivity contribution in [1.82, 2.24) is 5.32 Å². The fourth-order valence-corrected chi connectivity index (χ4v) is 1.37. The van der Waals surface area contributed by atoms with Crippen LogP contribution < -0.4 is 5.32 Å². The lowest BCUT2D eigenvalue weighted by Gasteiger charge is -2.06. The smallest absolute Gasteiger partial charge is 0.0991 e. The standard InChI is InChI=1S/C14H18N2O/c1-12(2)11-17-7-6-16-10-14-5-3-4-13(8-14)9-15/h3-5,8,16H,1,6-7,10-11H2,2H3. The highest BCUT2D eigenvalue weighted by Crippen LogP contribution is 2.03. The summed E-state index contributed by atoms with van der Waals surface area (Å²) >= 11 is 0. The second kappa shape index (κ2) is 7.61. The predicted molar refractivity (Wildman–Crippen MR) is 68.5 cm³/mol. The molecule has 0 amide bonds. The van der Waals surface area contributed by atoms with E-state index >= 15 is 0 Å². The molecule has 0 heterocycles. The summed E-state index contributed by atoms with van der Waals surface area (Å²) in [5, 5.41) is 12.0. The highest BCUT2D eigenvalue weighted by atomic mass is 16.5. The van der Waals surface area contributed by atoms with Gasteiger partial charge in [0.05, 0.1) is 24.8 Å². The van der Waals surface area contributed by atoms with Crippen LogP contribution in [-0.4, -0.2) is 19.8 Å². The monoisotopic (exact) mass is 230 g/mol. The van der Waals surface area contributed by atoms with Crippen molar-refractivity contribution in [2.24, 2.45) is 0 Å². The van der Waals surface area contributed by atoms with E-state index in [2.05, 4.69) is 18.0 Å². The third-order valence-electron chi connectivity index (χ3n) is 2.16. The van der Waals surface area contributed by atoms with Crippen molar-refractivity contribution < 1.29 is 4.74 Å². The van der Waals surface area contributed by atoms with Crippen molar-refractivity contribution in [2.75, 3.05) is 19.8 Å². The summed E-state index contributed by atoms with van der Waals surface area (Å²) in [6.07, 6.45) is 0. The van der Waals surface area contributed by atoms with Crippen LogP contribution in [0.25, 0.3) is 0 Å². The van der Waals surface area contributed by atoms with E-state index in [1.165, 1.54) is 0 Å². The lowest BCUT2D eigenvalue weighted by molar-refractivity contribution is 0.158. The number of benzene rings is 1. The minimum Gasteiger partial charge on any atom is -0.376 e. The molecule has 0 spiro atoms. The molecule has 0 aliphatic heterocycles. The van der Waals surface area contributed by atoms with E-state index in [1.54, 1.807) is 6.07 Å². The van der Waals surface area contributed by atoms with Crippen molar-refractivity contribution in [3.8, 4) is 6.07 Å². The molecule has 0 aliphatic rings. The van der Waals surface area contributed by atoms with E-state index < -0.39 is 0 Å². The number of nitrogens with one attached hydrogen (secondary N) is 1. The van der Waals surface area contributed by atoms with Crippen molar-refractivity contribution in [3.63, 3.8) is 0 Å². The summed E-state index contributed by atoms with van der Waals surface area (Å²) in [6.45, 7) is 8.55. The zero-order valence-corrected chi connectivity index (χ0v) is 10.2. The number of hydrogen-bond donors (Lipinski definition) is 1. The predicted octanol–water partition coefficient (Wildman–Crippen LogP) is 2.24. The van der Waals surface area contributed by atoms with Gasteiger partial charge in [0.1, 0.15) is 0 Å². The van der Waals surface area contributed by atoms with E-state index in [0.29, 0.717) is 18.8 Å². The normalized spacial score (nSPS) is 9.88. The van der Waals surface area contributed by atoms with Gasteiger partial charge in [0.2, 0.25) is 0 Å². The van der Waals surface area contributed by atoms with Crippen LogP contribution >= 0.6 is 0 Å². The van der Waals surface area contributed by atoms with Crippen LogP contribution in [0.2, 0.25) is 0 Å². The minimum atomic E-state index is 0.617. The van der Waals surface area contributed by atoms with Gasteiger partial charge in [-0.3, -0.25) is 0 Å². The Morgan fingerprint density at radius 2 is 2.35 bits per heavy atom. The molecule has 90 valence electrons. The molecular weight excluding hydrogens is 212 g/mol. The molecule has 17 heavy (non-hydrogen) atoms. The quantitative estimate of drug-likeness (QED) is 0.577. The molecule has 1 aromatic rings. The molecule has 1 N–H and O–H groups in total. The molecule has 0 saturated heterocycles. The summed E-state index contributed by atoms with van der Waals surface area (Å²) < 4.78 is 5.36. The van der Waals surface area contributed by atoms with Gasteiger partial charge in [0.15, 0.2) is 0 Å². The summed E-state index contributed by atoms with van der Waals surface area (Å²) in [6, 6.07) is 9.72. The Bertz CT molecular complexity index is 407. The first-order valence-electron chi connectivity index (χ1n) is 5.64. The Kier molecular flexibility index (Phi) is 6.02. The maximum Gasteiger partial charge on any atom is 0.0991 e. The lowest BCUT2D eigenvalue weighted by atomic mass is 10.1. The summed E-state index contributed by atoms with van der Waals surface area (Å²) in [5.41, 5.74) is 2.85. The van der Waals surface area contributed by atoms with Gasteiger partial charge >= 0.3 is 0 Å². The molecule has 0 aliphatic carbocycles. The third-order valence-corrected chi connectivity index (χ3v) is 2.16. The molecule has 0 unspecified atom stereocenters. The van der Waals surface area contributed by atoms with Gasteiger partial charge in [-0.05, 0) is 24.6 Å². The Balaban J connectivity index is 2.18. The Morgan fingerprint density at radius 1 is 1.53 bits per heavy atom. The number of nitrogens with zero attached hydrogens (tertiary/aromatic N) is 1. The van der Waals surface area contributed by atoms with Crippen LogP contribution in [0, 0.1) is 11.3 Å². The number of ether oxygens (including phenoxy) is 1. The Hall–Kier alpha value is -1.63. The van der Waals surface area contributed by atoms with Crippen LogP contribution in [-0.2, 0) is 11.3 Å². The maximum absolute atomic E-state index is 8.76. The summed E-state index contributed by atoms with van der Waals surface area (Å²) in [7, 11) is 0. The average Bonchev–Trinajstić information content (AvgIpc) is 2.33. The van der Waals surface area contributed by atoms with Crippen LogP contribution in [0.4, 0.5) is 0 Å². The molecule has 1 rings (SSSR count). The topological polar surface area (TPSA) is 45.0 Å². The molecule has 3 heteroatoms. The van der Waals surface area contributed by atoms with Crippen molar-refractivity contribution in [3.05, 3.63) is 47.5 Å². The molecule has 3 nitrogen and oxygen atoms in total. The van der Waals surface area contributed by atoms with Gasteiger partial charge < -0.3 is 10.1 Å². The van der Waals surface area contributed by atoms with Gasteiger partial charge in [-0.1, -0.05) is 24.3 Å². The van der Waals surface area contributed by atoms with Crippen LogP contribution in [0.3, 0.4) is 0 Å². The van der Waals surface area contributed by atoms with Crippen molar-refractivity contribution >= 4 is 0 Å². The molecule has 0 saturated carbocycles. The maximum atomic E-state index is 8.76. The highest BCUT2D eigenvalue weighted by molar-refractivity contribution is 5.32. The van der Waals surface area contributed by atoms with E-state index in [1.807, 2.05) is 25.1 Å². The van der Waals surface area contributed by atoms with Gasteiger partial charge in [-0.25, -0.2) is 0 Å². The number of rotatable bonds is 7. The van der Waals surface area contributed by atoms with Crippen LogP contribution in [0.1, 0.15) is 18.1 Å². The van der Waals surface area contributed by atoms with Gasteiger partial charge in [0, 0.05) is 13.1 Å². The number of hydrogen-bond acceptors (Lipinski definition) is 3. The lowest BCUT2D eigenvalue weighted by Crippen LogP contribution is -2.19. The zero-order valence-electron chi connectivity index (χ0n) is 10.2. The second-order valence-electron chi connectivity index (χ2n) is 4.00. The molecule has 0 fully saturated rings. The van der Waals surface area contributed by atoms with E-state index in [0.717, 1.165) is 24.2 Å². The Morgan fingerprint density at radius 3 is 3.06 bits per heavy atom. The molecule has 1 aromatic carbocycles. The Labute approximate surface area is 103 Å². The average molecular weight is 230 g/mol. The summed E-state index contributed by atoms with van der Waals surface area (Å²) in [4.78, 5) is 0. The van der Waals surface area contributed by atoms with Crippen LogP contribution in [0.5, 0.6) is 0 Å².